The van der Waals surface area contributed by atoms with Crippen LogP contribution in [0, 0.1) is 0 Å². The van der Waals surface area contributed by atoms with Gasteiger partial charge in [0.2, 0.25) is 11.8 Å². The lowest BCUT2D eigenvalue weighted by atomic mass is 10.2. The molecule has 4 rings (SSSR count). The topological polar surface area (TPSA) is 72.8 Å². The van der Waals surface area contributed by atoms with Gasteiger partial charge in [0.05, 0.1) is 30.8 Å². The number of carbonyl (C=O) groups excluding carboxylic acids is 2. The first-order valence-corrected chi connectivity index (χ1v) is 12.0. The molecule has 0 radical (unpaired) electrons. The molecule has 0 saturated carbocycles. The molecular formula is C25H29N3O4S. The lowest BCUT2D eigenvalue weighted by molar-refractivity contribution is -0.143. The van der Waals surface area contributed by atoms with Gasteiger partial charge < -0.3 is 24.3 Å². The third kappa shape index (κ3) is 5.51. The first kappa shape index (κ1) is 23.2. The van der Waals surface area contributed by atoms with Crippen LogP contribution in [0.2, 0.25) is 0 Å². The molecule has 2 heterocycles. The number of anilines is 1. The predicted octanol–water partition coefficient (Wildman–Crippen LogP) is 4.02. The van der Waals surface area contributed by atoms with Gasteiger partial charge in [-0.2, -0.15) is 0 Å². The molecule has 174 valence electrons. The van der Waals surface area contributed by atoms with Gasteiger partial charge in [0.15, 0.2) is 0 Å². The molecule has 0 spiro atoms. The molecule has 0 unspecified atom stereocenters. The lowest BCUT2D eigenvalue weighted by Crippen LogP contribution is -2.49. The van der Waals surface area contributed by atoms with E-state index in [0.717, 1.165) is 15.8 Å². The van der Waals surface area contributed by atoms with Gasteiger partial charge in [-0.1, -0.05) is 30.3 Å². The molecule has 1 aromatic heterocycles. The third-order valence-corrected chi connectivity index (χ3v) is 6.61. The maximum absolute atomic E-state index is 13.0. The molecular weight excluding hydrogens is 438 g/mol. The predicted molar refractivity (Wildman–Crippen MR) is 131 cm³/mol. The Bertz CT molecular complexity index is 1140. The summed E-state index contributed by atoms with van der Waals surface area (Å²) in [5.74, 6) is 0.827. The number of methoxy groups -OCH3 is 1. The second kappa shape index (κ2) is 10.3. The number of fused-ring (bicyclic) bond motifs is 1. The van der Waals surface area contributed by atoms with Crippen molar-refractivity contribution in [2.75, 3.05) is 31.3 Å². The summed E-state index contributed by atoms with van der Waals surface area (Å²) in [6, 6.07) is 15.3. The standard InChI is InChI=1S/C25H29N3O4S/c1-17-12-28(13-18(2)32-17)25(30)15-27-14-23(19-8-4-6-10-21(19)27)33-16-24(29)26-20-9-5-7-11-22(20)31-3/h4-11,14,17-18H,12-13,15-16H2,1-3H3,(H,26,29)/t17-,18-/m0/s1. The zero-order valence-corrected chi connectivity index (χ0v) is 19.9. The summed E-state index contributed by atoms with van der Waals surface area (Å²) < 4.78 is 13.0. The van der Waals surface area contributed by atoms with Crippen molar-refractivity contribution < 1.29 is 19.1 Å². The number of amides is 2. The fourth-order valence-corrected chi connectivity index (χ4v) is 5.05. The van der Waals surface area contributed by atoms with Crippen molar-refractivity contribution in [3.05, 3.63) is 54.7 Å². The number of thioether (sulfide) groups is 1. The van der Waals surface area contributed by atoms with Crippen LogP contribution in [0.1, 0.15) is 13.8 Å². The van der Waals surface area contributed by atoms with E-state index in [4.69, 9.17) is 9.47 Å². The normalized spacial score (nSPS) is 18.3. The van der Waals surface area contributed by atoms with Crippen LogP contribution < -0.4 is 10.1 Å². The molecule has 1 N–H and O–H groups in total. The number of hydrogen-bond donors (Lipinski definition) is 1. The summed E-state index contributed by atoms with van der Waals surface area (Å²) in [7, 11) is 1.58. The van der Waals surface area contributed by atoms with Gasteiger partial charge in [-0.3, -0.25) is 9.59 Å². The molecule has 3 aromatic rings. The molecule has 1 fully saturated rings. The van der Waals surface area contributed by atoms with Crippen LogP contribution in [0.15, 0.2) is 59.6 Å². The number of rotatable bonds is 7. The number of para-hydroxylation sites is 3. The number of nitrogens with zero attached hydrogens (tertiary/aromatic N) is 2. The average Bonchev–Trinajstić information content (AvgIpc) is 3.15. The molecule has 0 aliphatic carbocycles. The third-order valence-electron chi connectivity index (χ3n) is 5.57. The zero-order valence-electron chi connectivity index (χ0n) is 19.1. The molecule has 1 aliphatic heterocycles. The van der Waals surface area contributed by atoms with E-state index in [9.17, 15) is 9.59 Å². The number of carbonyl (C=O) groups is 2. The Morgan fingerprint density at radius 1 is 1.09 bits per heavy atom. The van der Waals surface area contributed by atoms with Crippen LogP contribution in [0.3, 0.4) is 0 Å². The summed E-state index contributed by atoms with van der Waals surface area (Å²) in [4.78, 5) is 28.4. The van der Waals surface area contributed by atoms with Crippen molar-refractivity contribution >= 4 is 40.2 Å². The number of hydrogen-bond acceptors (Lipinski definition) is 5. The van der Waals surface area contributed by atoms with Crippen LogP contribution in [0.5, 0.6) is 5.75 Å². The van der Waals surface area contributed by atoms with Crippen molar-refractivity contribution in [1.29, 1.82) is 0 Å². The Balaban J connectivity index is 1.45. The number of ether oxygens (including phenoxy) is 2. The van der Waals surface area contributed by atoms with E-state index in [1.54, 1.807) is 7.11 Å². The van der Waals surface area contributed by atoms with Gasteiger partial charge in [0.1, 0.15) is 12.3 Å². The summed E-state index contributed by atoms with van der Waals surface area (Å²) in [5, 5.41) is 3.94. The van der Waals surface area contributed by atoms with Crippen LogP contribution in [0.4, 0.5) is 5.69 Å². The van der Waals surface area contributed by atoms with E-state index < -0.39 is 0 Å². The van der Waals surface area contributed by atoms with Crippen molar-refractivity contribution in [3.8, 4) is 5.75 Å². The summed E-state index contributed by atoms with van der Waals surface area (Å²) >= 11 is 1.46. The second-order valence-corrected chi connectivity index (χ2v) is 9.25. The minimum Gasteiger partial charge on any atom is -0.495 e. The quantitative estimate of drug-likeness (QED) is 0.532. The van der Waals surface area contributed by atoms with Gasteiger partial charge in [-0.15, -0.1) is 11.8 Å². The van der Waals surface area contributed by atoms with Gasteiger partial charge in [-0.05, 0) is 32.0 Å². The molecule has 7 nitrogen and oxygen atoms in total. The minimum absolute atomic E-state index is 0.0342. The first-order chi connectivity index (χ1) is 15.9. The Morgan fingerprint density at radius 3 is 2.55 bits per heavy atom. The van der Waals surface area contributed by atoms with Gasteiger partial charge in [-0.25, -0.2) is 0 Å². The number of nitrogens with one attached hydrogen (secondary N) is 1. The highest BCUT2D eigenvalue weighted by Crippen LogP contribution is 2.31. The van der Waals surface area contributed by atoms with E-state index in [0.29, 0.717) is 24.5 Å². The fourth-order valence-electron chi connectivity index (χ4n) is 4.16. The van der Waals surface area contributed by atoms with Crippen molar-refractivity contribution in [2.45, 2.75) is 37.5 Å². The zero-order chi connectivity index (χ0) is 23.4. The first-order valence-electron chi connectivity index (χ1n) is 11.0. The summed E-state index contributed by atoms with van der Waals surface area (Å²) in [6.45, 7) is 5.45. The van der Waals surface area contributed by atoms with Crippen molar-refractivity contribution in [1.82, 2.24) is 9.47 Å². The van der Waals surface area contributed by atoms with E-state index in [-0.39, 0.29) is 36.3 Å². The number of benzene rings is 2. The lowest BCUT2D eigenvalue weighted by Gasteiger charge is -2.35. The molecule has 0 bridgehead atoms. The molecule has 8 heteroatoms. The Hall–Kier alpha value is -2.97. The number of aromatic nitrogens is 1. The van der Waals surface area contributed by atoms with Gasteiger partial charge in [0, 0.05) is 35.1 Å². The largest absolute Gasteiger partial charge is 0.495 e. The highest BCUT2D eigenvalue weighted by atomic mass is 32.2. The van der Waals surface area contributed by atoms with E-state index in [1.807, 2.05) is 78.0 Å². The molecule has 2 atom stereocenters. The molecule has 1 aliphatic rings. The van der Waals surface area contributed by atoms with E-state index >= 15 is 0 Å². The Morgan fingerprint density at radius 2 is 1.79 bits per heavy atom. The van der Waals surface area contributed by atoms with E-state index in [2.05, 4.69) is 5.32 Å². The maximum Gasteiger partial charge on any atom is 0.242 e. The van der Waals surface area contributed by atoms with E-state index in [1.165, 1.54) is 11.8 Å². The maximum atomic E-state index is 13.0. The minimum atomic E-state index is -0.117. The fraction of sp³-hybridized carbons (Fsp3) is 0.360. The molecule has 1 saturated heterocycles. The smallest absolute Gasteiger partial charge is 0.242 e. The Labute approximate surface area is 198 Å². The van der Waals surface area contributed by atoms with Crippen molar-refractivity contribution in [2.24, 2.45) is 0 Å². The van der Waals surface area contributed by atoms with Crippen LogP contribution in [-0.2, 0) is 20.9 Å². The summed E-state index contributed by atoms with van der Waals surface area (Å²) in [6.07, 6.45) is 2.04. The highest BCUT2D eigenvalue weighted by Gasteiger charge is 2.26. The monoisotopic (exact) mass is 467 g/mol. The molecule has 2 amide bonds. The highest BCUT2D eigenvalue weighted by molar-refractivity contribution is 8.00. The SMILES string of the molecule is COc1ccccc1NC(=O)CSc1cn(CC(=O)N2C[C@H](C)O[C@@H](C)C2)c2ccccc12. The molecule has 2 aromatic carbocycles. The Kier molecular flexibility index (Phi) is 7.25. The van der Waals surface area contributed by atoms with Gasteiger partial charge >= 0.3 is 0 Å². The number of morpholine rings is 1. The average molecular weight is 468 g/mol. The molecule has 33 heavy (non-hydrogen) atoms. The van der Waals surface area contributed by atoms with Crippen LogP contribution in [-0.4, -0.2) is 59.4 Å². The van der Waals surface area contributed by atoms with Gasteiger partial charge in [0.25, 0.3) is 0 Å². The summed E-state index contributed by atoms with van der Waals surface area (Å²) in [5.41, 5.74) is 1.63. The van der Waals surface area contributed by atoms with Crippen molar-refractivity contribution in [3.63, 3.8) is 0 Å². The van der Waals surface area contributed by atoms with Crippen LogP contribution in [0.25, 0.3) is 10.9 Å². The van der Waals surface area contributed by atoms with Crippen LogP contribution >= 0.6 is 11.8 Å². The second-order valence-electron chi connectivity index (χ2n) is 8.23.